The summed E-state index contributed by atoms with van der Waals surface area (Å²) in [5, 5.41) is 18.0. The Morgan fingerprint density at radius 2 is 1.28 bits per heavy atom. The average Bonchev–Trinajstić information content (AvgIpc) is 2.37. The summed E-state index contributed by atoms with van der Waals surface area (Å²) >= 11 is 0. The summed E-state index contributed by atoms with van der Waals surface area (Å²) in [5.74, 6) is 0. The van der Waals surface area contributed by atoms with Gasteiger partial charge in [0.1, 0.15) is 14.1 Å². The number of nitrogens with zero attached hydrogens (tertiary/aromatic N) is 3. The maximum absolute atomic E-state index is 9.77. The van der Waals surface area contributed by atoms with Crippen molar-refractivity contribution in [3.05, 3.63) is 54.6 Å². The molecule has 0 aromatic heterocycles. The summed E-state index contributed by atoms with van der Waals surface area (Å²) in [6.45, 7) is 0. The Bertz CT molecular complexity index is 527. The molecule has 92 valence electrons. The minimum Gasteiger partial charge on any atom is -0.212 e. The van der Waals surface area contributed by atoms with Crippen molar-refractivity contribution in [1.29, 1.82) is 0 Å². The molecular weight excluding hydrogens is 226 g/mol. The van der Waals surface area contributed by atoms with Gasteiger partial charge in [-0.05, 0) is 24.3 Å². The number of azo groups is 1. The van der Waals surface area contributed by atoms with E-state index in [0.717, 1.165) is 17.1 Å². The zero-order chi connectivity index (χ0) is 13.0. The first kappa shape index (κ1) is 12.4. The van der Waals surface area contributed by atoms with Crippen LogP contribution in [0.25, 0.3) is 0 Å². The maximum atomic E-state index is 9.77. The van der Waals surface area contributed by atoms with E-state index in [-0.39, 0.29) is 4.65 Å². The lowest BCUT2D eigenvalue weighted by Crippen LogP contribution is -2.35. The van der Waals surface area contributed by atoms with Gasteiger partial charge in [-0.2, -0.15) is 14.9 Å². The molecule has 0 fully saturated rings. The van der Waals surface area contributed by atoms with Gasteiger partial charge in [-0.3, -0.25) is 0 Å². The van der Waals surface area contributed by atoms with Crippen molar-refractivity contribution in [1.82, 2.24) is 4.65 Å². The SMILES string of the molecule is C[N+](C)(O)c1ccc(N=Nc2ccccc2)cc1. The Morgan fingerprint density at radius 3 is 1.78 bits per heavy atom. The summed E-state index contributed by atoms with van der Waals surface area (Å²) in [5.41, 5.74) is 2.38. The molecule has 0 amide bonds. The Balaban J connectivity index is 2.14. The van der Waals surface area contributed by atoms with E-state index in [4.69, 9.17) is 0 Å². The molecule has 18 heavy (non-hydrogen) atoms. The van der Waals surface area contributed by atoms with E-state index >= 15 is 0 Å². The van der Waals surface area contributed by atoms with Crippen LogP contribution in [0, 0.1) is 0 Å². The van der Waals surface area contributed by atoms with E-state index in [0.29, 0.717) is 0 Å². The molecular formula is C14H16N3O+. The van der Waals surface area contributed by atoms with Gasteiger partial charge in [-0.15, -0.1) is 0 Å². The molecule has 2 rings (SSSR count). The fourth-order valence-electron chi connectivity index (χ4n) is 1.49. The fourth-order valence-corrected chi connectivity index (χ4v) is 1.49. The molecule has 0 atom stereocenters. The highest BCUT2D eigenvalue weighted by Crippen LogP contribution is 2.22. The van der Waals surface area contributed by atoms with Crippen molar-refractivity contribution in [3.63, 3.8) is 0 Å². The third kappa shape index (κ3) is 3.23. The Kier molecular flexibility index (Phi) is 3.50. The zero-order valence-electron chi connectivity index (χ0n) is 10.5. The highest BCUT2D eigenvalue weighted by Gasteiger charge is 2.14. The first-order valence-electron chi connectivity index (χ1n) is 5.70. The average molecular weight is 242 g/mol. The summed E-state index contributed by atoms with van der Waals surface area (Å²) in [7, 11) is 3.39. The van der Waals surface area contributed by atoms with Crippen LogP contribution in [0.3, 0.4) is 0 Å². The van der Waals surface area contributed by atoms with E-state index in [9.17, 15) is 5.21 Å². The monoisotopic (exact) mass is 242 g/mol. The van der Waals surface area contributed by atoms with Crippen LogP contribution in [0.15, 0.2) is 64.8 Å². The Labute approximate surface area is 106 Å². The quantitative estimate of drug-likeness (QED) is 0.492. The van der Waals surface area contributed by atoms with Crippen LogP contribution >= 0.6 is 0 Å². The topological polar surface area (TPSA) is 45.0 Å². The second-order valence-corrected chi connectivity index (χ2v) is 4.45. The lowest BCUT2D eigenvalue weighted by atomic mass is 10.3. The first-order valence-corrected chi connectivity index (χ1v) is 5.70. The van der Waals surface area contributed by atoms with Gasteiger partial charge in [0.25, 0.3) is 0 Å². The van der Waals surface area contributed by atoms with Gasteiger partial charge in [0.2, 0.25) is 0 Å². The van der Waals surface area contributed by atoms with E-state index in [2.05, 4.69) is 10.2 Å². The smallest absolute Gasteiger partial charge is 0.164 e. The lowest BCUT2D eigenvalue weighted by molar-refractivity contribution is -0.0282. The van der Waals surface area contributed by atoms with Gasteiger partial charge >= 0.3 is 0 Å². The van der Waals surface area contributed by atoms with E-state index in [1.807, 2.05) is 54.6 Å². The molecule has 0 bridgehead atoms. The largest absolute Gasteiger partial charge is 0.212 e. The normalized spacial score (nSPS) is 11.9. The minimum atomic E-state index is -0.198. The lowest BCUT2D eigenvalue weighted by Gasteiger charge is -2.18. The molecule has 0 aliphatic heterocycles. The third-order valence-corrected chi connectivity index (χ3v) is 2.52. The Hall–Kier alpha value is -2.04. The van der Waals surface area contributed by atoms with Crippen LogP contribution < -0.4 is 4.65 Å². The first-order chi connectivity index (χ1) is 8.55. The van der Waals surface area contributed by atoms with Gasteiger partial charge < -0.3 is 0 Å². The van der Waals surface area contributed by atoms with E-state index in [1.54, 1.807) is 14.1 Å². The van der Waals surface area contributed by atoms with Crippen molar-refractivity contribution >= 4 is 17.1 Å². The second-order valence-electron chi connectivity index (χ2n) is 4.45. The molecule has 0 saturated carbocycles. The van der Waals surface area contributed by atoms with E-state index < -0.39 is 0 Å². The molecule has 4 heteroatoms. The summed E-state index contributed by atoms with van der Waals surface area (Å²) in [6, 6.07) is 16.9. The van der Waals surface area contributed by atoms with Gasteiger partial charge in [-0.25, -0.2) is 5.21 Å². The molecule has 0 radical (unpaired) electrons. The molecule has 0 unspecified atom stereocenters. The number of rotatable bonds is 3. The van der Waals surface area contributed by atoms with Crippen molar-refractivity contribution in [2.75, 3.05) is 14.1 Å². The van der Waals surface area contributed by atoms with Gasteiger partial charge in [0.15, 0.2) is 5.69 Å². The summed E-state index contributed by atoms with van der Waals surface area (Å²) < 4.78 is -0.198. The van der Waals surface area contributed by atoms with Gasteiger partial charge in [0, 0.05) is 12.1 Å². The maximum Gasteiger partial charge on any atom is 0.164 e. The van der Waals surface area contributed by atoms with Crippen LogP contribution in [-0.4, -0.2) is 19.3 Å². The van der Waals surface area contributed by atoms with Crippen molar-refractivity contribution in [2.45, 2.75) is 0 Å². The van der Waals surface area contributed by atoms with Crippen molar-refractivity contribution in [2.24, 2.45) is 10.2 Å². The second kappa shape index (κ2) is 5.08. The minimum absolute atomic E-state index is 0.198. The van der Waals surface area contributed by atoms with Crippen LogP contribution in [0.2, 0.25) is 0 Å². The van der Waals surface area contributed by atoms with Crippen LogP contribution in [-0.2, 0) is 0 Å². The van der Waals surface area contributed by atoms with Crippen LogP contribution in [0.4, 0.5) is 17.1 Å². The molecule has 2 aromatic carbocycles. The molecule has 0 saturated heterocycles. The molecule has 1 N–H and O–H groups in total. The highest BCUT2D eigenvalue weighted by atomic mass is 16.5. The fraction of sp³-hybridized carbons (Fsp3) is 0.143. The number of quaternary nitrogens is 1. The molecule has 4 nitrogen and oxygen atoms in total. The number of benzene rings is 2. The summed E-state index contributed by atoms with van der Waals surface area (Å²) in [6.07, 6.45) is 0. The van der Waals surface area contributed by atoms with Crippen molar-refractivity contribution in [3.8, 4) is 0 Å². The number of hydroxylamine groups is 2. The van der Waals surface area contributed by atoms with Gasteiger partial charge in [-0.1, -0.05) is 18.2 Å². The van der Waals surface area contributed by atoms with Crippen molar-refractivity contribution < 1.29 is 5.21 Å². The van der Waals surface area contributed by atoms with Gasteiger partial charge in [0.05, 0.1) is 11.4 Å². The van der Waals surface area contributed by atoms with Crippen LogP contribution in [0.5, 0.6) is 0 Å². The number of hydrogen-bond donors (Lipinski definition) is 1. The molecule has 0 heterocycles. The number of hydrogen-bond acceptors (Lipinski definition) is 3. The molecule has 0 aliphatic carbocycles. The predicted octanol–water partition coefficient (Wildman–Crippen LogP) is 4.06. The standard InChI is InChI=1S/C14H16N3O/c1-17(2,18)14-10-8-13(9-11-14)16-15-12-6-4-3-5-7-12/h3-11,18H,1-2H3/q+1. The van der Waals surface area contributed by atoms with Crippen LogP contribution in [0.1, 0.15) is 0 Å². The zero-order valence-corrected chi connectivity index (χ0v) is 10.5. The van der Waals surface area contributed by atoms with E-state index in [1.165, 1.54) is 0 Å². The highest BCUT2D eigenvalue weighted by molar-refractivity contribution is 5.49. The molecule has 0 aliphatic rings. The summed E-state index contributed by atoms with van der Waals surface area (Å²) in [4.78, 5) is 0. The molecule has 2 aromatic rings. The third-order valence-electron chi connectivity index (χ3n) is 2.52. The Morgan fingerprint density at radius 1 is 0.778 bits per heavy atom. The predicted molar refractivity (Wildman–Crippen MR) is 72.5 cm³/mol. The molecule has 0 spiro atoms.